The molecule has 1 unspecified atom stereocenters. The molecule has 0 radical (unpaired) electrons. The summed E-state index contributed by atoms with van der Waals surface area (Å²) < 4.78 is 11.5. The van der Waals surface area contributed by atoms with Gasteiger partial charge in [-0.3, -0.25) is 9.69 Å². The summed E-state index contributed by atoms with van der Waals surface area (Å²) in [4.78, 5) is 16.1. The molecule has 1 aliphatic rings. The van der Waals surface area contributed by atoms with Crippen LogP contribution in [0.1, 0.15) is 18.9 Å². The van der Waals surface area contributed by atoms with Crippen LogP contribution in [-0.4, -0.2) is 58.6 Å². The predicted octanol–water partition coefficient (Wildman–Crippen LogP) is 2.23. The molecule has 1 N–H and O–H groups in total. The lowest BCUT2D eigenvalue weighted by atomic mass is 10.2. The van der Waals surface area contributed by atoms with Crippen LogP contribution in [0.2, 0.25) is 0 Å². The Kier molecular flexibility index (Phi) is 6.13. The van der Waals surface area contributed by atoms with E-state index in [9.17, 15) is 4.79 Å². The van der Waals surface area contributed by atoms with Crippen molar-refractivity contribution in [2.75, 3.05) is 26.7 Å². The third-order valence-corrected chi connectivity index (χ3v) is 5.24. The number of nitrogens with one attached hydrogen (secondary N) is 1. The highest BCUT2D eigenvalue weighted by molar-refractivity contribution is 5.77. The van der Waals surface area contributed by atoms with Gasteiger partial charge in [0, 0.05) is 31.7 Å². The number of aromatic nitrogens is 3. The van der Waals surface area contributed by atoms with Crippen LogP contribution in [0.4, 0.5) is 0 Å². The Morgan fingerprint density at radius 3 is 2.70 bits per heavy atom. The van der Waals surface area contributed by atoms with Crippen LogP contribution in [0.5, 0.6) is 11.5 Å². The van der Waals surface area contributed by atoms with Crippen LogP contribution >= 0.6 is 0 Å². The topological polar surface area (TPSA) is 81.5 Å². The van der Waals surface area contributed by atoms with E-state index in [0.717, 1.165) is 54.2 Å². The molecule has 1 aliphatic heterocycles. The summed E-state index contributed by atoms with van der Waals surface area (Å²) in [5, 5.41) is 11.6. The zero-order valence-electron chi connectivity index (χ0n) is 17.4. The molecule has 0 fully saturated rings. The summed E-state index contributed by atoms with van der Waals surface area (Å²) >= 11 is 0. The molecule has 4 rings (SSSR count). The van der Waals surface area contributed by atoms with Gasteiger partial charge in [-0.15, -0.1) is 0 Å². The lowest BCUT2D eigenvalue weighted by Gasteiger charge is -2.23. The average Bonchev–Trinajstić information content (AvgIpc) is 3.06. The van der Waals surface area contributed by atoms with Gasteiger partial charge in [0.15, 0.2) is 0 Å². The molecule has 1 amide bonds. The van der Waals surface area contributed by atoms with Crippen molar-refractivity contribution in [3.63, 3.8) is 0 Å². The van der Waals surface area contributed by atoms with E-state index in [1.807, 2.05) is 42.5 Å². The summed E-state index contributed by atoms with van der Waals surface area (Å²) in [5.74, 6) is 1.63. The number of ether oxygens (including phenoxy) is 2. The molecule has 3 aromatic rings. The lowest BCUT2D eigenvalue weighted by molar-refractivity contribution is -0.122. The number of carbonyl (C=O) groups excluding carboxylic acids is 1. The monoisotopic (exact) mass is 409 g/mol. The fraction of sp³-hybridized carbons (Fsp3) is 0.409. The smallest absolute Gasteiger partial charge is 0.243 e. The Bertz CT molecular complexity index is 986. The van der Waals surface area contributed by atoms with E-state index in [2.05, 4.69) is 27.3 Å². The Morgan fingerprint density at radius 1 is 1.23 bits per heavy atom. The highest BCUT2D eigenvalue weighted by Crippen LogP contribution is 2.29. The molecule has 8 heteroatoms. The second-order valence-electron chi connectivity index (χ2n) is 7.43. The van der Waals surface area contributed by atoms with Crippen LogP contribution in [0.25, 0.3) is 11.0 Å². The minimum absolute atomic E-state index is 0.101. The van der Waals surface area contributed by atoms with Crippen molar-refractivity contribution < 1.29 is 14.3 Å². The number of nitrogens with zero attached hydrogens (tertiary/aromatic N) is 4. The second kappa shape index (κ2) is 9.13. The van der Waals surface area contributed by atoms with Gasteiger partial charge in [0.05, 0.1) is 7.11 Å². The maximum absolute atomic E-state index is 12.3. The number of rotatable bonds is 7. The number of methoxy groups -OCH3 is 1. The maximum atomic E-state index is 12.3. The normalized spacial score (nSPS) is 16.5. The van der Waals surface area contributed by atoms with Gasteiger partial charge in [-0.1, -0.05) is 19.1 Å². The van der Waals surface area contributed by atoms with E-state index < -0.39 is 0 Å². The summed E-state index contributed by atoms with van der Waals surface area (Å²) in [6.45, 7) is 5.09. The van der Waals surface area contributed by atoms with E-state index >= 15 is 0 Å². The first-order chi connectivity index (χ1) is 14.6. The molecule has 0 saturated heterocycles. The molecule has 158 valence electrons. The van der Waals surface area contributed by atoms with Crippen LogP contribution in [0.3, 0.4) is 0 Å². The third kappa shape index (κ3) is 4.71. The van der Waals surface area contributed by atoms with E-state index in [0.29, 0.717) is 6.54 Å². The quantitative estimate of drug-likeness (QED) is 0.645. The first kappa shape index (κ1) is 20.2. The van der Waals surface area contributed by atoms with Crippen molar-refractivity contribution in [1.82, 2.24) is 25.2 Å². The van der Waals surface area contributed by atoms with Crippen molar-refractivity contribution in [2.24, 2.45) is 0 Å². The van der Waals surface area contributed by atoms with E-state index in [-0.39, 0.29) is 18.6 Å². The summed E-state index contributed by atoms with van der Waals surface area (Å²) in [6.07, 6.45) is 1.04. The predicted molar refractivity (Wildman–Crippen MR) is 114 cm³/mol. The van der Waals surface area contributed by atoms with E-state index in [4.69, 9.17) is 9.47 Å². The summed E-state index contributed by atoms with van der Waals surface area (Å²) in [5.41, 5.74) is 2.67. The molecule has 0 aliphatic carbocycles. The molecule has 2 heterocycles. The van der Waals surface area contributed by atoms with Crippen LogP contribution in [-0.2, 0) is 17.9 Å². The van der Waals surface area contributed by atoms with Gasteiger partial charge in [0.2, 0.25) is 5.91 Å². The molecular weight excluding hydrogens is 382 g/mol. The fourth-order valence-electron chi connectivity index (χ4n) is 3.63. The molecular formula is C22H27N5O3. The molecule has 0 spiro atoms. The van der Waals surface area contributed by atoms with Gasteiger partial charge in [-0.2, -0.15) is 15.0 Å². The first-order valence-corrected chi connectivity index (χ1v) is 10.3. The zero-order valence-corrected chi connectivity index (χ0v) is 17.4. The maximum Gasteiger partial charge on any atom is 0.243 e. The van der Waals surface area contributed by atoms with Crippen LogP contribution in [0, 0.1) is 0 Å². The number of hydrogen-bond donors (Lipinski definition) is 1. The van der Waals surface area contributed by atoms with Crippen molar-refractivity contribution in [2.45, 2.75) is 32.5 Å². The van der Waals surface area contributed by atoms with Gasteiger partial charge < -0.3 is 14.8 Å². The largest absolute Gasteiger partial charge is 0.497 e. The summed E-state index contributed by atoms with van der Waals surface area (Å²) in [7, 11) is 1.67. The van der Waals surface area contributed by atoms with Gasteiger partial charge in [0.1, 0.15) is 35.2 Å². The minimum Gasteiger partial charge on any atom is -0.497 e. The number of hydrogen-bond acceptors (Lipinski definition) is 6. The molecule has 1 atom stereocenters. The Labute approximate surface area is 175 Å². The second-order valence-corrected chi connectivity index (χ2v) is 7.43. The van der Waals surface area contributed by atoms with Crippen molar-refractivity contribution in [3.05, 3.63) is 48.0 Å². The highest BCUT2D eigenvalue weighted by Gasteiger charge is 2.22. The minimum atomic E-state index is -0.101. The van der Waals surface area contributed by atoms with Gasteiger partial charge in [0.25, 0.3) is 0 Å². The average molecular weight is 409 g/mol. The Morgan fingerprint density at radius 2 is 2.00 bits per heavy atom. The molecule has 0 saturated carbocycles. The number of benzene rings is 2. The van der Waals surface area contributed by atoms with Crippen LogP contribution < -0.4 is 14.8 Å². The Hall–Kier alpha value is -3.13. The molecule has 1 aromatic heterocycles. The van der Waals surface area contributed by atoms with Crippen molar-refractivity contribution in [3.8, 4) is 11.5 Å². The molecule has 0 bridgehead atoms. The van der Waals surface area contributed by atoms with Crippen molar-refractivity contribution in [1.29, 1.82) is 0 Å². The van der Waals surface area contributed by atoms with Gasteiger partial charge >= 0.3 is 0 Å². The van der Waals surface area contributed by atoms with Crippen LogP contribution in [0.15, 0.2) is 42.5 Å². The van der Waals surface area contributed by atoms with E-state index in [1.165, 1.54) is 4.80 Å². The van der Waals surface area contributed by atoms with Gasteiger partial charge in [-0.05, 0) is 36.8 Å². The summed E-state index contributed by atoms with van der Waals surface area (Å²) in [6, 6.07) is 13.5. The first-order valence-electron chi connectivity index (χ1n) is 10.3. The molecule has 8 nitrogen and oxygen atoms in total. The SMILES string of the molecule is CCC1CN(CCNC(=O)Cn2nc3ccccc3n2)Cc2cc(OC)ccc2O1. The number of amides is 1. The molecule has 30 heavy (non-hydrogen) atoms. The van der Waals surface area contributed by atoms with Gasteiger partial charge in [-0.25, -0.2) is 0 Å². The van der Waals surface area contributed by atoms with E-state index in [1.54, 1.807) is 7.11 Å². The number of fused-ring (bicyclic) bond motifs is 2. The number of carbonyl (C=O) groups is 1. The standard InChI is InChI=1S/C22H27N5O3/c1-3-17-14-26(13-16-12-18(29-2)8-9-21(16)30-17)11-10-23-22(28)15-27-24-19-6-4-5-7-20(19)25-27/h4-9,12,17H,3,10-11,13-15H2,1-2H3,(H,23,28). The Balaban J connectivity index is 1.33. The highest BCUT2D eigenvalue weighted by atomic mass is 16.5. The zero-order chi connectivity index (χ0) is 20.9. The van der Waals surface area contributed by atoms with Crippen molar-refractivity contribution >= 4 is 16.9 Å². The third-order valence-electron chi connectivity index (χ3n) is 5.24. The lowest BCUT2D eigenvalue weighted by Crippen LogP contribution is -2.39. The fourth-order valence-corrected chi connectivity index (χ4v) is 3.63. The molecule has 2 aromatic carbocycles.